The minimum Gasteiger partial charge on any atom is -0.383 e. The summed E-state index contributed by atoms with van der Waals surface area (Å²) in [6, 6.07) is 19.4. The van der Waals surface area contributed by atoms with Gasteiger partial charge in [0.2, 0.25) is 0 Å². The van der Waals surface area contributed by atoms with Crippen LogP contribution in [0.5, 0.6) is 0 Å². The fourth-order valence-electron chi connectivity index (χ4n) is 3.23. The van der Waals surface area contributed by atoms with Gasteiger partial charge < -0.3 is 10.6 Å². The third-order valence-corrected chi connectivity index (χ3v) is 4.91. The first-order valence-electron chi connectivity index (χ1n) is 9.90. The predicted octanol–water partition coefficient (Wildman–Crippen LogP) is 7.23. The third-order valence-electron chi connectivity index (χ3n) is 4.91. The summed E-state index contributed by atoms with van der Waals surface area (Å²) in [7, 11) is 0. The first-order chi connectivity index (χ1) is 12.2. The Bertz CT molecular complexity index is 577. The van der Waals surface area contributed by atoms with Gasteiger partial charge in [0.25, 0.3) is 0 Å². The van der Waals surface area contributed by atoms with E-state index >= 15 is 0 Å². The SMILES string of the molecule is CCCCC(CC)CCC(C)Nc1ccc(Nc2ccccc2)cc1. The van der Waals surface area contributed by atoms with Crippen LogP contribution >= 0.6 is 0 Å². The van der Waals surface area contributed by atoms with E-state index in [1.165, 1.54) is 44.2 Å². The molecule has 0 fully saturated rings. The van der Waals surface area contributed by atoms with Gasteiger partial charge in [-0.25, -0.2) is 0 Å². The number of unbranched alkanes of at least 4 members (excludes halogenated alkanes) is 1. The lowest BCUT2D eigenvalue weighted by atomic mass is 9.93. The molecule has 136 valence electrons. The second-order valence-corrected chi connectivity index (χ2v) is 7.11. The van der Waals surface area contributed by atoms with Crippen LogP contribution in [-0.2, 0) is 0 Å². The van der Waals surface area contributed by atoms with E-state index in [4.69, 9.17) is 0 Å². The summed E-state index contributed by atoms with van der Waals surface area (Å²) in [5.74, 6) is 0.890. The van der Waals surface area contributed by atoms with E-state index in [1.54, 1.807) is 0 Å². The van der Waals surface area contributed by atoms with Crippen molar-refractivity contribution in [2.24, 2.45) is 5.92 Å². The van der Waals surface area contributed by atoms with Crippen molar-refractivity contribution in [3.8, 4) is 0 Å². The molecule has 0 saturated carbocycles. The lowest BCUT2D eigenvalue weighted by Crippen LogP contribution is -2.16. The summed E-state index contributed by atoms with van der Waals surface area (Å²) < 4.78 is 0. The van der Waals surface area contributed by atoms with Crippen molar-refractivity contribution >= 4 is 17.1 Å². The highest BCUT2D eigenvalue weighted by Crippen LogP contribution is 2.22. The van der Waals surface area contributed by atoms with Crippen LogP contribution in [-0.4, -0.2) is 6.04 Å². The van der Waals surface area contributed by atoms with Crippen molar-refractivity contribution < 1.29 is 0 Å². The van der Waals surface area contributed by atoms with E-state index < -0.39 is 0 Å². The Balaban J connectivity index is 1.78. The molecule has 2 nitrogen and oxygen atoms in total. The lowest BCUT2D eigenvalue weighted by molar-refractivity contribution is 0.401. The highest BCUT2D eigenvalue weighted by Gasteiger charge is 2.09. The molecule has 2 atom stereocenters. The standard InChI is InChI=1S/C23H34N2/c1-4-6-10-20(5-2)14-13-19(3)24-22-15-17-23(18-16-22)25-21-11-8-7-9-12-21/h7-9,11-12,15-20,24-25H,4-6,10,13-14H2,1-3H3. The van der Waals surface area contributed by atoms with Crippen LogP contribution in [0.2, 0.25) is 0 Å². The molecule has 0 radical (unpaired) electrons. The predicted molar refractivity (Wildman–Crippen MR) is 112 cm³/mol. The zero-order chi connectivity index (χ0) is 17.9. The Morgan fingerprint density at radius 1 is 0.760 bits per heavy atom. The zero-order valence-corrected chi connectivity index (χ0v) is 16.1. The van der Waals surface area contributed by atoms with E-state index in [9.17, 15) is 0 Å². The number of hydrogen-bond donors (Lipinski definition) is 2. The average molecular weight is 339 g/mol. The van der Waals surface area contributed by atoms with Crippen LogP contribution in [0.25, 0.3) is 0 Å². The number of benzene rings is 2. The molecule has 0 heterocycles. The topological polar surface area (TPSA) is 24.1 Å². The van der Waals surface area contributed by atoms with Crippen LogP contribution in [0.3, 0.4) is 0 Å². The minimum atomic E-state index is 0.517. The van der Waals surface area contributed by atoms with Gasteiger partial charge in [0.15, 0.2) is 0 Å². The largest absolute Gasteiger partial charge is 0.383 e. The van der Waals surface area contributed by atoms with Gasteiger partial charge in [-0.15, -0.1) is 0 Å². The first-order valence-corrected chi connectivity index (χ1v) is 9.90. The Morgan fingerprint density at radius 2 is 1.40 bits per heavy atom. The van der Waals surface area contributed by atoms with Crippen molar-refractivity contribution in [2.45, 2.75) is 65.3 Å². The Labute approximate surface area is 154 Å². The maximum absolute atomic E-state index is 3.64. The van der Waals surface area contributed by atoms with Crippen LogP contribution in [0.15, 0.2) is 54.6 Å². The molecule has 2 rings (SSSR count). The van der Waals surface area contributed by atoms with Gasteiger partial charge in [-0.1, -0.05) is 57.7 Å². The van der Waals surface area contributed by atoms with Gasteiger partial charge >= 0.3 is 0 Å². The van der Waals surface area contributed by atoms with Crippen molar-refractivity contribution in [2.75, 3.05) is 10.6 Å². The number of nitrogens with one attached hydrogen (secondary N) is 2. The average Bonchev–Trinajstić information content (AvgIpc) is 2.64. The molecule has 0 amide bonds. The third kappa shape index (κ3) is 7.21. The second-order valence-electron chi connectivity index (χ2n) is 7.11. The van der Waals surface area contributed by atoms with Crippen LogP contribution in [0.1, 0.15) is 59.3 Å². The molecule has 2 unspecified atom stereocenters. The number of anilines is 3. The lowest BCUT2D eigenvalue weighted by Gasteiger charge is -2.19. The molecule has 0 aliphatic rings. The molecule has 0 aliphatic carbocycles. The molecular weight excluding hydrogens is 304 g/mol. The van der Waals surface area contributed by atoms with Gasteiger partial charge in [0.1, 0.15) is 0 Å². The minimum absolute atomic E-state index is 0.517. The molecule has 0 spiro atoms. The van der Waals surface area contributed by atoms with Crippen LogP contribution in [0, 0.1) is 5.92 Å². The van der Waals surface area contributed by atoms with Gasteiger partial charge in [0, 0.05) is 23.1 Å². The van der Waals surface area contributed by atoms with Crippen molar-refractivity contribution in [1.29, 1.82) is 0 Å². The van der Waals surface area contributed by atoms with E-state index in [2.05, 4.69) is 67.8 Å². The summed E-state index contributed by atoms with van der Waals surface area (Å²) in [5, 5.41) is 7.06. The normalized spacial score (nSPS) is 13.2. The molecule has 2 aromatic rings. The highest BCUT2D eigenvalue weighted by molar-refractivity contribution is 5.62. The van der Waals surface area contributed by atoms with Crippen LogP contribution in [0.4, 0.5) is 17.1 Å². The molecule has 0 aromatic heterocycles. The summed E-state index contributed by atoms with van der Waals surface area (Å²) >= 11 is 0. The van der Waals surface area contributed by atoms with Gasteiger partial charge in [-0.2, -0.15) is 0 Å². The molecule has 2 N–H and O–H groups in total. The second kappa shape index (κ2) is 10.8. The smallest absolute Gasteiger partial charge is 0.0385 e. The van der Waals surface area contributed by atoms with Crippen molar-refractivity contribution in [1.82, 2.24) is 0 Å². The fraction of sp³-hybridized carbons (Fsp3) is 0.478. The molecule has 0 aliphatic heterocycles. The maximum atomic E-state index is 3.64. The van der Waals surface area contributed by atoms with E-state index in [1.807, 2.05) is 18.2 Å². The van der Waals surface area contributed by atoms with Gasteiger partial charge in [-0.05, 0) is 62.1 Å². The Morgan fingerprint density at radius 3 is 2.04 bits per heavy atom. The highest BCUT2D eigenvalue weighted by atomic mass is 14.9. The molecule has 2 aromatic carbocycles. The molecular formula is C23H34N2. The van der Waals surface area contributed by atoms with Gasteiger partial charge in [0.05, 0.1) is 0 Å². The van der Waals surface area contributed by atoms with Crippen molar-refractivity contribution in [3.05, 3.63) is 54.6 Å². The van der Waals surface area contributed by atoms with E-state index in [-0.39, 0.29) is 0 Å². The Kier molecular flexibility index (Phi) is 8.38. The number of para-hydroxylation sites is 1. The quantitative estimate of drug-likeness (QED) is 0.451. The number of rotatable bonds is 11. The van der Waals surface area contributed by atoms with E-state index in [0.717, 1.165) is 17.3 Å². The maximum Gasteiger partial charge on any atom is 0.0385 e. The molecule has 0 bridgehead atoms. The first kappa shape index (κ1) is 19.4. The van der Waals surface area contributed by atoms with E-state index in [0.29, 0.717) is 6.04 Å². The summed E-state index contributed by atoms with van der Waals surface area (Å²) in [6.45, 7) is 6.91. The van der Waals surface area contributed by atoms with Crippen molar-refractivity contribution in [3.63, 3.8) is 0 Å². The van der Waals surface area contributed by atoms with Crippen LogP contribution < -0.4 is 10.6 Å². The molecule has 25 heavy (non-hydrogen) atoms. The summed E-state index contributed by atoms with van der Waals surface area (Å²) in [5.41, 5.74) is 3.44. The molecule has 0 saturated heterocycles. The monoisotopic (exact) mass is 338 g/mol. The molecule has 2 heteroatoms. The fourth-order valence-corrected chi connectivity index (χ4v) is 3.23. The Hall–Kier alpha value is -1.96. The summed E-state index contributed by atoms with van der Waals surface area (Å²) in [4.78, 5) is 0. The van der Waals surface area contributed by atoms with Gasteiger partial charge in [-0.3, -0.25) is 0 Å². The number of hydrogen-bond acceptors (Lipinski definition) is 2. The summed E-state index contributed by atoms with van der Waals surface area (Å²) in [6.07, 6.45) is 7.96. The zero-order valence-electron chi connectivity index (χ0n) is 16.1.